The fourth-order valence-corrected chi connectivity index (χ4v) is 4.63. The number of halogens is 1. The van der Waals surface area contributed by atoms with E-state index in [9.17, 15) is 9.90 Å². The number of aromatic nitrogens is 2. The van der Waals surface area contributed by atoms with E-state index < -0.39 is 12.7 Å². The maximum atomic E-state index is 13.1. The highest BCUT2D eigenvalue weighted by atomic mass is 35.5. The van der Waals surface area contributed by atoms with Gasteiger partial charge in [-0.05, 0) is 36.3 Å². The molecule has 8 heteroatoms. The number of amides is 1. The van der Waals surface area contributed by atoms with Crippen LogP contribution in [-0.4, -0.2) is 39.0 Å². The average Bonchev–Trinajstić information content (AvgIpc) is 3.25. The predicted molar refractivity (Wildman–Crippen MR) is 115 cm³/mol. The molecule has 1 fully saturated rings. The zero-order chi connectivity index (χ0) is 20.8. The van der Waals surface area contributed by atoms with E-state index in [0.717, 1.165) is 29.7 Å². The molecule has 6 nitrogen and oxygen atoms in total. The number of anilines is 1. The lowest BCUT2D eigenvalue weighted by Crippen LogP contribution is -2.24. The Morgan fingerprint density at radius 1 is 1.31 bits per heavy atom. The highest BCUT2D eigenvalue weighted by Gasteiger charge is 2.27. The van der Waals surface area contributed by atoms with Crippen molar-refractivity contribution in [2.75, 3.05) is 18.2 Å². The molecular formula is C21H26ClN3O3S. The molecule has 1 aromatic carbocycles. The summed E-state index contributed by atoms with van der Waals surface area (Å²) in [5.41, 5.74) is 1.16. The molecule has 0 saturated heterocycles. The molecule has 1 aromatic heterocycles. The first-order valence-electron chi connectivity index (χ1n) is 9.77. The van der Waals surface area contributed by atoms with Gasteiger partial charge in [-0.15, -0.1) is 11.8 Å². The minimum absolute atomic E-state index is 0.144. The summed E-state index contributed by atoms with van der Waals surface area (Å²) in [6, 6.07) is 5.82. The smallest absolute Gasteiger partial charge is 0.233 e. The molecule has 2 atom stereocenters. The highest BCUT2D eigenvalue weighted by Crippen LogP contribution is 2.37. The first kappa shape index (κ1) is 22.0. The molecule has 0 radical (unpaired) electrons. The lowest BCUT2D eigenvalue weighted by atomic mass is 9.87. The summed E-state index contributed by atoms with van der Waals surface area (Å²) in [5, 5.41) is 22.1. The van der Waals surface area contributed by atoms with E-state index in [2.05, 4.69) is 15.3 Å². The van der Waals surface area contributed by atoms with Crippen LogP contribution in [0.4, 0.5) is 5.82 Å². The van der Waals surface area contributed by atoms with Crippen molar-refractivity contribution in [3.8, 4) is 0 Å². The second-order valence-electron chi connectivity index (χ2n) is 7.35. The van der Waals surface area contributed by atoms with Crippen molar-refractivity contribution in [1.82, 2.24) is 9.97 Å². The number of benzene rings is 1. The van der Waals surface area contributed by atoms with Crippen LogP contribution in [0.1, 0.15) is 55.4 Å². The van der Waals surface area contributed by atoms with Gasteiger partial charge in [-0.2, -0.15) is 0 Å². The SMILES string of the molecule is CSc1ccc(C(CC2CCCC2)C(=O)Nc2cnc(C(O)CO)cn2)cc1Cl. The van der Waals surface area contributed by atoms with E-state index in [1.54, 1.807) is 11.8 Å². The van der Waals surface area contributed by atoms with Gasteiger partial charge in [-0.25, -0.2) is 4.98 Å². The summed E-state index contributed by atoms with van der Waals surface area (Å²) in [6.07, 6.45) is 9.13. The van der Waals surface area contributed by atoms with E-state index in [1.165, 1.54) is 25.2 Å². The van der Waals surface area contributed by atoms with E-state index in [0.29, 0.717) is 16.8 Å². The minimum atomic E-state index is -1.08. The zero-order valence-electron chi connectivity index (χ0n) is 16.3. The number of rotatable bonds is 8. The Labute approximate surface area is 180 Å². The van der Waals surface area contributed by atoms with Gasteiger partial charge in [0, 0.05) is 4.90 Å². The molecule has 1 amide bonds. The van der Waals surface area contributed by atoms with Gasteiger partial charge >= 0.3 is 0 Å². The Balaban J connectivity index is 1.79. The normalized spacial score (nSPS) is 16.6. The fourth-order valence-electron chi connectivity index (χ4n) is 3.75. The van der Waals surface area contributed by atoms with Crippen LogP contribution in [0.15, 0.2) is 35.5 Å². The van der Waals surface area contributed by atoms with E-state index >= 15 is 0 Å². The van der Waals surface area contributed by atoms with Gasteiger partial charge < -0.3 is 15.5 Å². The Morgan fingerprint density at radius 2 is 2.07 bits per heavy atom. The molecule has 0 bridgehead atoms. The first-order chi connectivity index (χ1) is 14.0. The maximum absolute atomic E-state index is 13.1. The zero-order valence-corrected chi connectivity index (χ0v) is 17.9. The quantitative estimate of drug-likeness (QED) is 0.538. The van der Waals surface area contributed by atoms with Gasteiger partial charge in [0.2, 0.25) is 5.91 Å². The Bertz CT molecular complexity index is 828. The molecule has 2 unspecified atom stereocenters. The molecule has 3 rings (SSSR count). The van der Waals surface area contributed by atoms with E-state index in [-0.39, 0.29) is 17.5 Å². The molecular weight excluding hydrogens is 410 g/mol. The van der Waals surface area contributed by atoms with Crippen molar-refractivity contribution < 1.29 is 15.0 Å². The van der Waals surface area contributed by atoms with Gasteiger partial charge in [0.1, 0.15) is 6.10 Å². The minimum Gasteiger partial charge on any atom is -0.393 e. The molecule has 0 spiro atoms. The molecule has 156 valence electrons. The van der Waals surface area contributed by atoms with Crippen molar-refractivity contribution in [2.45, 2.75) is 49.0 Å². The number of nitrogens with one attached hydrogen (secondary N) is 1. The topological polar surface area (TPSA) is 95.3 Å². The lowest BCUT2D eigenvalue weighted by Gasteiger charge is -2.21. The van der Waals surface area contributed by atoms with Crippen LogP contribution >= 0.6 is 23.4 Å². The number of carbonyl (C=O) groups excluding carboxylic acids is 1. The van der Waals surface area contributed by atoms with Crippen LogP contribution in [0, 0.1) is 5.92 Å². The number of hydrogen-bond donors (Lipinski definition) is 3. The molecule has 1 aliphatic carbocycles. The van der Waals surface area contributed by atoms with Crippen LogP contribution < -0.4 is 5.32 Å². The molecule has 0 aliphatic heterocycles. The number of carbonyl (C=O) groups is 1. The highest BCUT2D eigenvalue weighted by molar-refractivity contribution is 7.98. The monoisotopic (exact) mass is 435 g/mol. The van der Waals surface area contributed by atoms with Crippen molar-refractivity contribution in [2.24, 2.45) is 5.92 Å². The number of aliphatic hydroxyl groups excluding tert-OH is 2. The fraction of sp³-hybridized carbons (Fsp3) is 0.476. The van der Waals surface area contributed by atoms with Crippen LogP contribution in [0.2, 0.25) is 5.02 Å². The number of nitrogens with zero attached hydrogens (tertiary/aromatic N) is 2. The summed E-state index contributed by atoms with van der Waals surface area (Å²) >= 11 is 7.97. The predicted octanol–water partition coefficient (Wildman–Crippen LogP) is 4.18. The second-order valence-corrected chi connectivity index (χ2v) is 8.60. The lowest BCUT2D eigenvalue weighted by molar-refractivity contribution is -0.118. The first-order valence-corrected chi connectivity index (χ1v) is 11.4. The van der Waals surface area contributed by atoms with E-state index in [4.69, 9.17) is 16.7 Å². The summed E-state index contributed by atoms with van der Waals surface area (Å²) in [6.45, 7) is -0.434. The van der Waals surface area contributed by atoms with Crippen LogP contribution in [-0.2, 0) is 4.79 Å². The summed E-state index contributed by atoms with van der Waals surface area (Å²) in [4.78, 5) is 22.3. The largest absolute Gasteiger partial charge is 0.393 e. The summed E-state index contributed by atoms with van der Waals surface area (Å²) in [7, 11) is 0. The van der Waals surface area contributed by atoms with Crippen LogP contribution in [0.25, 0.3) is 0 Å². The standard InChI is InChI=1S/C21H26ClN3O3S/c1-29-19-7-6-14(9-16(19)22)15(8-13-4-2-3-5-13)21(28)25-20-11-23-17(10-24-20)18(27)12-26/h6-7,9-11,13,15,18,26-27H,2-5,8,12H2,1H3,(H,24,25,28). The second kappa shape index (κ2) is 10.4. The number of thioether (sulfide) groups is 1. The number of aliphatic hydroxyl groups is 2. The average molecular weight is 436 g/mol. The van der Waals surface area contributed by atoms with Crippen molar-refractivity contribution in [3.05, 3.63) is 46.9 Å². The molecule has 29 heavy (non-hydrogen) atoms. The molecule has 1 saturated carbocycles. The van der Waals surface area contributed by atoms with Gasteiger partial charge in [0.05, 0.1) is 35.6 Å². The Morgan fingerprint density at radius 3 is 2.66 bits per heavy atom. The molecule has 1 heterocycles. The summed E-state index contributed by atoms with van der Waals surface area (Å²) in [5.74, 6) is 0.371. The maximum Gasteiger partial charge on any atom is 0.233 e. The third kappa shape index (κ3) is 5.69. The van der Waals surface area contributed by atoms with Crippen LogP contribution in [0.5, 0.6) is 0 Å². The molecule has 3 N–H and O–H groups in total. The van der Waals surface area contributed by atoms with Crippen molar-refractivity contribution in [3.63, 3.8) is 0 Å². The molecule has 2 aromatic rings. The third-order valence-corrected chi connectivity index (χ3v) is 6.60. The van der Waals surface area contributed by atoms with E-state index in [1.807, 2.05) is 24.5 Å². The third-order valence-electron chi connectivity index (χ3n) is 5.38. The van der Waals surface area contributed by atoms with Gasteiger partial charge in [0.25, 0.3) is 0 Å². The Kier molecular flexibility index (Phi) is 7.89. The van der Waals surface area contributed by atoms with Crippen molar-refractivity contribution in [1.29, 1.82) is 0 Å². The van der Waals surface area contributed by atoms with Gasteiger partial charge in [-0.1, -0.05) is 43.4 Å². The van der Waals surface area contributed by atoms with Gasteiger partial charge in [-0.3, -0.25) is 9.78 Å². The van der Waals surface area contributed by atoms with Gasteiger partial charge in [0.15, 0.2) is 5.82 Å². The van der Waals surface area contributed by atoms with Crippen molar-refractivity contribution >= 4 is 35.1 Å². The summed E-state index contributed by atoms with van der Waals surface area (Å²) < 4.78 is 0. The Hall–Kier alpha value is -1.67. The van der Waals surface area contributed by atoms with Crippen LogP contribution in [0.3, 0.4) is 0 Å². The number of hydrogen-bond acceptors (Lipinski definition) is 6. The molecule has 1 aliphatic rings.